The summed E-state index contributed by atoms with van der Waals surface area (Å²) >= 11 is 0. The monoisotopic (exact) mass is 290 g/mol. The predicted molar refractivity (Wildman–Crippen MR) is 84.0 cm³/mol. The summed E-state index contributed by atoms with van der Waals surface area (Å²) < 4.78 is 5.69. The summed E-state index contributed by atoms with van der Waals surface area (Å²) in [4.78, 5) is 14.4. The first-order valence-corrected chi connectivity index (χ1v) is 7.87. The minimum atomic E-state index is 0.210. The number of ether oxygens (including phenoxy) is 1. The molecule has 0 bridgehead atoms. The minimum Gasteiger partial charge on any atom is -0.376 e. The molecule has 0 spiro atoms. The number of hydrogen-bond acceptors (Lipinski definition) is 3. The van der Waals surface area contributed by atoms with E-state index in [1.54, 1.807) is 0 Å². The molecule has 1 atom stereocenters. The van der Waals surface area contributed by atoms with Gasteiger partial charge in [-0.05, 0) is 38.4 Å². The van der Waals surface area contributed by atoms with Crippen molar-refractivity contribution in [2.45, 2.75) is 38.3 Å². The van der Waals surface area contributed by atoms with Crippen molar-refractivity contribution in [2.24, 2.45) is 0 Å². The van der Waals surface area contributed by atoms with E-state index in [1.807, 2.05) is 30.1 Å². The van der Waals surface area contributed by atoms with E-state index in [1.165, 1.54) is 5.56 Å². The summed E-state index contributed by atoms with van der Waals surface area (Å²) in [6.45, 7) is 3.11. The van der Waals surface area contributed by atoms with Gasteiger partial charge in [-0.3, -0.25) is 4.79 Å². The Balaban J connectivity index is 1.93. The van der Waals surface area contributed by atoms with Crippen LogP contribution < -0.4 is 5.32 Å². The molecule has 1 fully saturated rings. The van der Waals surface area contributed by atoms with E-state index in [0.717, 1.165) is 32.4 Å². The number of carbonyl (C=O) groups excluding carboxylic acids is 1. The van der Waals surface area contributed by atoms with Crippen LogP contribution in [0.15, 0.2) is 30.3 Å². The highest BCUT2D eigenvalue weighted by molar-refractivity contribution is 5.76. The standard InChI is InChI=1S/C17H26N2O2/c1-18-11-5-10-17(20)19(14-16-9-6-12-21-16)13-15-7-3-2-4-8-15/h2-4,7-8,16,18H,5-6,9-14H2,1H3. The van der Waals surface area contributed by atoms with Crippen LogP contribution in [-0.2, 0) is 16.1 Å². The second-order valence-electron chi connectivity index (χ2n) is 5.60. The van der Waals surface area contributed by atoms with E-state index < -0.39 is 0 Å². The average molecular weight is 290 g/mol. The molecular weight excluding hydrogens is 264 g/mol. The van der Waals surface area contributed by atoms with Crippen molar-refractivity contribution in [3.63, 3.8) is 0 Å². The van der Waals surface area contributed by atoms with Crippen molar-refractivity contribution in [1.29, 1.82) is 0 Å². The number of nitrogens with zero attached hydrogens (tertiary/aromatic N) is 1. The maximum Gasteiger partial charge on any atom is 0.223 e. The fourth-order valence-electron chi connectivity index (χ4n) is 2.67. The number of hydrogen-bond donors (Lipinski definition) is 1. The number of nitrogens with one attached hydrogen (secondary N) is 1. The third-order valence-electron chi connectivity index (χ3n) is 3.83. The highest BCUT2D eigenvalue weighted by Gasteiger charge is 2.22. The zero-order valence-corrected chi connectivity index (χ0v) is 12.9. The Kier molecular flexibility index (Phi) is 6.70. The second-order valence-corrected chi connectivity index (χ2v) is 5.60. The van der Waals surface area contributed by atoms with Crippen LogP contribution in [-0.4, -0.2) is 43.7 Å². The van der Waals surface area contributed by atoms with Crippen LogP contribution in [0.5, 0.6) is 0 Å². The van der Waals surface area contributed by atoms with Crippen molar-refractivity contribution < 1.29 is 9.53 Å². The van der Waals surface area contributed by atoms with Gasteiger partial charge in [0, 0.05) is 26.1 Å². The Labute approximate surface area is 127 Å². The fraction of sp³-hybridized carbons (Fsp3) is 0.588. The van der Waals surface area contributed by atoms with Gasteiger partial charge in [0.1, 0.15) is 0 Å². The molecule has 2 rings (SSSR count). The first kappa shape index (κ1) is 16.0. The molecule has 1 saturated heterocycles. The maximum atomic E-state index is 12.5. The van der Waals surface area contributed by atoms with E-state index in [-0.39, 0.29) is 12.0 Å². The van der Waals surface area contributed by atoms with Gasteiger partial charge in [-0.1, -0.05) is 30.3 Å². The largest absolute Gasteiger partial charge is 0.376 e. The molecule has 21 heavy (non-hydrogen) atoms. The number of carbonyl (C=O) groups is 1. The molecule has 116 valence electrons. The van der Waals surface area contributed by atoms with Gasteiger partial charge in [0.05, 0.1) is 6.10 Å². The van der Waals surface area contributed by atoms with Crippen molar-refractivity contribution in [2.75, 3.05) is 26.7 Å². The number of amides is 1. The van der Waals surface area contributed by atoms with Crippen LogP contribution in [0.4, 0.5) is 0 Å². The van der Waals surface area contributed by atoms with Crippen LogP contribution in [0.1, 0.15) is 31.2 Å². The lowest BCUT2D eigenvalue weighted by molar-refractivity contribution is -0.133. The molecule has 1 aliphatic heterocycles. The summed E-state index contributed by atoms with van der Waals surface area (Å²) in [5, 5.41) is 3.09. The average Bonchev–Trinajstić information content (AvgIpc) is 3.01. The highest BCUT2D eigenvalue weighted by Crippen LogP contribution is 2.16. The van der Waals surface area contributed by atoms with Gasteiger partial charge in [-0.25, -0.2) is 0 Å². The van der Waals surface area contributed by atoms with Crippen LogP contribution in [0.2, 0.25) is 0 Å². The SMILES string of the molecule is CNCCCC(=O)N(Cc1ccccc1)CC1CCCO1. The lowest BCUT2D eigenvalue weighted by atomic mass is 10.1. The first-order chi connectivity index (χ1) is 10.3. The number of rotatable bonds is 8. The van der Waals surface area contributed by atoms with Crippen LogP contribution >= 0.6 is 0 Å². The molecule has 4 nitrogen and oxygen atoms in total. The maximum absolute atomic E-state index is 12.5. The van der Waals surface area contributed by atoms with Gasteiger partial charge in [0.15, 0.2) is 0 Å². The molecule has 1 heterocycles. The molecule has 0 saturated carbocycles. The Bertz CT molecular complexity index is 416. The van der Waals surface area contributed by atoms with Crippen molar-refractivity contribution in [3.05, 3.63) is 35.9 Å². The van der Waals surface area contributed by atoms with E-state index in [0.29, 0.717) is 19.5 Å². The molecule has 4 heteroatoms. The summed E-state index contributed by atoms with van der Waals surface area (Å²) in [6, 6.07) is 10.2. The highest BCUT2D eigenvalue weighted by atomic mass is 16.5. The molecule has 1 amide bonds. The molecule has 1 N–H and O–H groups in total. The van der Waals surface area contributed by atoms with Gasteiger partial charge < -0.3 is 15.0 Å². The van der Waals surface area contributed by atoms with E-state index in [4.69, 9.17) is 4.74 Å². The van der Waals surface area contributed by atoms with Crippen molar-refractivity contribution in [1.82, 2.24) is 10.2 Å². The molecule has 1 aromatic rings. The van der Waals surface area contributed by atoms with Gasteiger partial charge >= 0.3 is 0 Å². The predicted octanol–water partition coefficient (Wildman–Crippen LogP) is 2.19. The molecular formula is C17H26N2O2. The van der Waals surface area contributed by atoms with E-state index >= 15 is 0 Å². The molecule has 1 aliphatic rings. The topological polar surface area (TPSA) is 41.6 Å². The molecule has 0 radical (unpaired) electrons. The first-order valence-electron chi connectivity index (χ1n) is 7.87. The van der Waals surface area contributed by atoms with Crippen molar-refractivity contribution in [3.8, 4) is 0 Å². The molecule has 0 aromatic heterocycles. The summed E-state index contributed by atoms with van der Waals surface area (Å²) in [5.41, 5.74) is 1.18. The lowest BCUT2D eigenvalue weighted by Gasteiger charge is -2.25. The van der Waals surface area contributed by atoms with Gasteiger partial charge in [0.2, 0.25) is 5.91 Å². The zero-order chi connectivity index (χ0) is 14.9. The summed E-state index contributed by atoms with van der Waals surface area (Å²) in [5.74, 6) is 0.226. The third-order valence-corrected chi connectivity index (χ3v) is 3.83. The molecule has 0 aliphatic carbocycles. The van der Waals surface area contributed by atoms with Gasteiger partial charge in [0.25, 0.3) is 0 Å². The third kappa shape index (κ3) is 5.48. The molecule has 1 unspecified atom stereocenters. The van der Waals surface area contributed by atoms with Crippen LogP contribution in [0, 0.1) is 0 Å². The molecule has 1 aromatic carbocycles. The van der Waals surface area contributed by atoms with Gasteiger partial charge in [-0.15, -0.1) is 0 Å². The Hall–Kier alpha value is -1.39. The van der Waals surface area contributed by atoms with Gasteiger partial charge in [-0.2, -0.15) is 0 Å². The smallest absolute Gasteiger partial charge is 0.223 e. The second kappa shape index (κ2) is 8.80. The Morgan fingerprint density at radius 1 is 1.38 bits per heavy atom. The summed E-state index contributed by atoms with van der Waals surface area (Å²) in [7, 11) is 1.92. The normalized spacial score (nSPS) is 17.9. The van der Waals surface area contributed by atoms with E-state index in [9.17, 15) is 4.79 Å². The van der Waals surface area contributed by atoms with E-state index in [2.05, 4.69) is 17.4 Å². The number of benzene rings is 1. The fourth-order valence-corrected chi connectivity index (χ4v) is 2.67. The Morgan fingerprint density at radius 2 is 2.19 bits per heavy atom. The summed E-state index contributed by atoms with van der Waals surface area (Å²) in [6.07, 6.45) is 3.86. The quantitative estimate of drug-likeness (QED) is 0.746. The zero-order valence-electron chi connectivity index (χ0n) is 12.9. The van der Waals surface area contributed by atoms with Crippen LogP contribution in [0.3, 0.4) is 0 Å². The minimum absolute atomic E-state index is 0.210. The van der Waals surface area contributed by atoms with Crippen LogP contribution in [0.25, 0.3) is 0 Å². The lowest BCUT2D eigenvalue weighted by Crippen LogP contribution is -2.37. The van der Waals surface area contributed by atoms with Crippen molar-refractivity contribution >= 4 is 5.91 Å². The Morgan fingerprint density at radius 3 is 2.86 bits per heavy atom.